The second-order valence-corrected chi connectivity index (χ2v) is 7.51. The fourth-order valence-corrected chi connectivity index (χ4v) is 4.21. The van der Waals surface area contributed by atoms with Gasteiger partial charge in [0.1, 0.15) is 5.82 Å². The Balaban J connectivity index is 1.70. The van der Waals surface area contributed by atoms with E-state index in [0.29, 0.717) is 22.3 Å². The minimum Gasteiger partial charge on any atom is -0.337 e. The zero-order chi connectivity index (χ0) is 18.0. The summed E-state index contributed by atoms with van der Waals surface area (Å²) in [5.74, 6) is 0.576. The summed E-state index contributed by atoms with van der Waals surface area (Å²) in [6.07, 6.45) is 3.29. The molecule has 134 valence electrons. The molecule has 2 unspecified atom stereocenters. The molecule has 25 heavy (non-hydrogen) atoms. The summed E-state index contributed by atoms with van der Waals surface area (Å²) in [5, 5.41) is 8.84. The van der Waals surface area contributed by atoms with Gasteiger partial charge in [0.25, 0.3) is 0 Å². The van der Waals surface area contributed by atoms with Gasteiger partial charge in [0.05, 0.1) is 11.3 Å². The molecule has 0 saturated carbocycles. The first kappa shape index (κ1) is 17.9. The van der Waals surface area contributed by atoms with E-state index in [1.807, 2.05) is 4.90 Å². The van der Waals surface area contributed by atoms with Crippen LogP contribution in [-0.4, -0.2) is 43.4 Å². The lowest BCUT2D eigenvalue weighted by molar-refractivity contribution is -0.134. The number of nitrogens with zero attached hydrogens (tertiary/aromatic N) is 4. The third-order valence-corrected chi connectivity index (χ3v) is 5.76. The molecule has 5 nitrogen and oxygen atoms in total. The van der Waals surface area contributed by atoms with E-state index in [2.05, 4.69) is 24.0 Å². The normalized spacial score (nSPS) is 20.7. The molecular formula is C18H23FN4OS. The Morgan fingerprint density at radius 2 is 1.92 bits per heavy atom. The van der Waals surface area contributed by atoms with Crippen molar-refractivity contribution in [3.05, 3.63) is 30.1 Å². The quantitative estimate of drug-likeness (QED) is 0.781. The minimum atomic E-state index is -0.332. The van der Waals surface area contributed by atoms with Gasteiger partial charge >= 0.3 is 0 Å². The summed E-state index contributed by atoms with van der Waals surface area (Å²) in [4.78, 5) is 14.6. The van der Waals surface area contributed by atoms with E-state index in [-0.39, 0.29) is 23.8 Å². The molecule has 1 saturated heterocycles. The predicted molar refractivity (Wildman–Crippen MR) is 96.7 cm³/mol. The van der Waals surface area contributed by atoms with Gasteiger partial charge in [-0.05, 0) is 45.2 Å². The Morgan fingerprint density at radius 3 is 2.60 bits per heavy atom. The van der Waals surface area contributed by atoms with Gasteiger partial charge in [0.15, 0.2) is 11.0 Å². The van der Waals surface area contributed by atoms with E-state index in [0.717, 1.165) is 12.8 Å². The van der Waals surface area contributed by atoms with Crippen molar-refractivity contribution in [1.82, 2.24) is 19.7 Å². The van der Waals surface area contributed by atoms with Gasteiger partial charge in [-0.1, -0.05) is 23.9 Å². The van der Waals surface area contributed by atoms with Gasteiger partial charge in [-0.15, -0.1) is 10.2 Å². The van der Waals surface area contributed by atoms with E-state index >= 15 is 0 Å². The maximum absolute atomic E-state index is 14.0. The number of halogens is 1. The molecule has 2 aromatic rings. The molecule has 2 atom stereocenters. The van der Waals surface area contributed by atoms with Crippen molar-refractivity contribution in [2.24, 2.45) is 7.05 Å². The Morgan fingerprint density at radius 1 is 1.24 bits per heavy atom. The molecule has 0 N–H and O–H groups in total. The number of carbonyl (C=O) groups excluding carboxylic acids is 1. The molecule has 1 aliphatic heterocycles. The number of amides is 1. The number of hydrogen-bond donors (Lipinski definition) is 0. The molecule has 1 fully saturated rings. The highest BCUT2D eigenvalue weighted by molar-refractivity contribution is 7.99. The van der Waals surface area contributed by atoms with Crippen LogP contribution in [-0.2, 0) is 11.8 Å². The third-order valence-electron chi connectivity index (χ3n) is 4.76. The Hall–Kier alpha value is -1.89. The van der Waals surface area contributed by atoms with Crippen molar-refractivity contribution in [3.8, 4) is 11.4 Å². The van der Waals surface area contributed by atoms with Crippen LogP contribution in [0.5, 0.6) is 0 Å². The standard InChI is InChI=1S/C18H23FN4OS/c1-12-7-6-8-13(2)23(12)16(24)11-25-18-21-20-17(22(18)3)14-9-4-5-10-15(14)19/h4-5,9-10,12-13H,6-8,11H2,1-3H3. The summed E-state index contributed by atoms with van der Waals surface area (Å²) < 4.78 is 15.7. The molecule has 1 aliphatic rings. The van der Waals surface area contributed by atoms with Crippen molar-refractivity contribution < 1.29 is 9.18 Å². The first-order chi connectivity index (χ1) is 12.0. The fourth-order valence-electron chi connectivity index (χ4n) is 3.43. The molecule has 1 amide bonds. The average Bonchev–Trinajstić information content (AvgIpc) is 2.94. The number of likely N-dealkylation sites (tertiary alicyclic amines) is 1. The van der Waals surface area contributed by atoms with Crippen molar-refractivity contribution in [3.63, 3.8) is 0 Å². The van der Waals surface area contributed by atoms with Crippen LogP contribution < -0.4 is 0 Å². The molecule has 1 aromatic carbocycles. The van der Waals surface area contributed by atoms with E-state index in [1.54, 1.807) is 29.8 Å². The summed E-state index contributed by atoms with van der Waals surface area (Å²) in [7, 11) is 1.79. The zero-order valence-electron chi connectivity index (χ0n) is 14.8. The van der Waals surface area contributed by atoms with Crippen molar-refractivity contribution >= 4 is 17.7 Å². The smallest absolute Gasteiger partial charge is 0.233 e. The molecule has 0 aliphatic carbocycles. The second kappa shape index (κ2) is 7.56. The van der Waals surface area contributed by atoms with Crippen LogP contribution in [0.25, 0.3) is 11.4 Å². The maximum atomic E-state index is 14.0. The molecule has 0 radical (unpaired) electrons. The van der Waals surface area contributed by atoms with Crippen LogP contribution in [0.3, 0.4) is 0 Å². The monoisotopic (exact) mass is 362 g/mol. The molecule has 2 heterocycles. The minimum absolute atomic E-state index is 0.125. The number of carbonyl (C=O) groups is 1. The van der Waals surface area contributed by atoms with Crippen molar-refractivity contribution in [2.45, 2.75) is 50.4 Å². The molecule has 7 heteroatoms. The molecule has 0 bridgehead atoms. The highest BCUT2D eigenvalue weighted by Gasteiger charge is 2.29. The maximum Gasteiger partial charge on any atom is 0.233 e. The van der Waals surface area contributed by atoms with Gasteiger partial charge < -0.3 is 9.47 Å². The highest BCUT2D eigenvalue weighted by atomic mass is 32.2. The Bertz CT molecular complexity index is 753. The Kier molecular flexibility index (Phi) is 5.42. The molecule has 1 aromatic heterocycles. The van der Waals surface area contributed by atoms with E-state index < -0.39 is 0 Å². The third kappa shape index (κ3) is 3.71. The molecule has 3 rings (SSSR count). The lowest BCUT2D eigenvalue weighted by Gasteiger charge is -2.39. The van der Waals surface area contributed by atoms with Gasteiger partial charge in [-0.2, -0.15) is 0 Å². The topological polar surface area (TPSA) is 51.0 Å². The van der Waals surface area contributed by atoms with Gasteiger partial charge in [0, 0.05) is 19.1 Å². The zero-order valence-corrected chi connectivity index (χ0v) is 15.6. The van der Waals surface area contributed by atoms with E-state index in [1.165, 1.54) is 24.2 Å². The number of piperidine rings is 1. The first-order valence-electron chi connectivity index (χ1n) is 8.57. The first-order valence-corrected chi connectivity index (χ1v) is 9.56. The number of rotatable bonds is 4. The summed E-state index contributed by atoms with van der Waals surface area (Å²) in [5.41, 5.74) is 0.411. The van der Waals surface area contributed by atoms with Crippen LogP contribution in [0.2, 0.25) is 0 Å². The summed E-state index contributed by atoms with van der Waals surface area (Å²) in [6.45, 7) is 4.22. The highest BCUT2D eigenvalue weighted by Crippen LogP contribution is 2.27. The van der Waals surface area contributed by atoms with Crippen LogP contribution in [0.15, 0.2) is 29.4 Å². The Labute approximate surface area is 151 Å². The second-order valence-electron chi connectivity index (χ2n) is 6.56. The van der Waals surface area contributed by atoms with Crippen LogP contribution >= 0.6 is 11.8 Å². The van der Waals surface area contributed by atoms with Crippen molar-refractivity contribution in [2.75, 3.05) is 5.75 Å². The van der Waals surface area contributed by atoms with E-state index in [4.69, 9.17) is 0 Å². The number of thioether (sulfide) groups is 1. The van der Waals surface area contributed by atoms with Crippen LogP contribution in [0.4, 0.5) is 4.39 Å². The predicted octanol–water partition coefficient (Wildman–Crippen LogP) is 3.50. The fraction of sp³-hybridized carbons (Fsp3) is 0.500. The van der Waals surface area contributed by atoms with Crippen LogP contribution in [0.1, 0.15) is 33.1 Å². The lowest BCUT2D eigenvalue weighted by atomic mass is 9.98. The largest absolute Gasteiger partial charge is 0.337 e. The van der Waals surface area contributed by atoms with E-state index in [9.17, 15) is 9.18 Å². The number of benzene rings is 1. The summed E-state index contributed by atoms with van der Waals surface area (Å²) in [6, 6.07) is 7.05. The van der Waals surface area contributed by atoms with Gasteiger partial charge in [-0.25, -0.2) is 4.39 Å². The molecule has 0 spiro atoms. The SMILES string of the molecule is CC1CCCC(C)N1C(=O)CSc1nnc(-c2ccccc2F)n1C. The summed E-state index contributed by atoms with van der Waals surface area (Å²) >= 11 is 1.35. The lowest BCUT2D eigenvalue weighted by Crippen LogP contribution is -2.48. The van der Waals surface area contributed by atoms with Gasteiger partial charge in [0.2, 0.25) is 5.91 Å². The number of aromatic nitrogens is 3. The molecular weight excluding hydrogens is 339 g/mol. The van der Waals surface area contributed by atoms with Crippen molar-refractivity contribution in [1.29, 1.82) is 0 Å². The van der Waals surface area contributed by atoms with Gasteiger partial charge in [-0.3, -0.25) is 4.79 Å². The number of hydrogen-bond acceptors (Lipinski definition) is 4. The van der Waals surface area contributed by atoms with Crippen LogP contribution in [0, 0.1) is 5.82 Å². The average molecular weight is 362 g/mol.